The minimum atomic E-state index is -0.0797. The number of amides is 1. The standard InChI is InChI=1S/C23H22N8O2/c32-22(31-8-7-18-20(13-31)27-30-26-18)11-21-28-29-23(33-21)19-6-5-16(12-24-19)25-17-9-14-3-1-2-4-15(14)10-17/h1-6,12,17,25H,7-11,13H2,(H,26,27,30). The number of carbonyl (C=O) groups is 1. The monoisotopic (exact) mass is 442 g/mol. The first-order chi connectivity index (χ1) is 16.2. The van der Waals surface area contributed by atoms with Gasteiger partial charge in [-0.2, -0.15) is 15.4 Å². The van der Waals surface area contributed by atoms with Crippen LogP contribution in [0.3, 0.4) is 0 Å². The molecule has 33 heavy (non-hydrogen) atoms. The Balaban J connectivity index is 1.07. The normalized spacial score (nSPS) is 15.3. The minimum Gasteiger partial charge on any atom is -0.419 e. The zero-order valence-electron chi connectivity index (χ0n) is 17.9. The Bertz CT molecular complexity index is 1270. The number of rotatable bonds is 5. The molecular formula is C23H22N8O2. The number of fused-ring (bicyclic) bond motifs is 2. The Morgan fingerprint density at radius 1 is 1.09 bits per heavy atom. The summed E-state index contributed by atoms with van der Waals surface area (Å²) in [6.07, 6.45) is 4.52. The summed E-state index contributed by atoms with van der Waals surface area (Å²) >= 11 is 0. The Hall–Kier alpha value is -4.08. The predicted octanol–water partition coefficient (Wildman–Crippen LogP) is 1.96. The largest absolute Gasteiger partial charge is 0.419 e. The van der Waals surface area contributed by atoms with Crippen LogP contribution in [0.4, 0.5) is 5.69 Å². The number of aromatic nitrogens is 6. The smallest absolute Gasteiger partial charge is 0.266 e. The molecule has 0 unspecified atom stereocenters. The first kappa shape index (κ1) is 19.6. The maximum absolute atomic E-state index is 12.7. The molecule has 1 aliphatic heterocycles. The highest BCUT2D eigenvalue weighted by Gasteiger charge is 2.25. The lowest BCUT2D eigenvalue weighted by Crippen LogP contribution is -2.37. The molecule has 10 nitrogen and oxygen atoms in total. The number of aromatic amines is 1. The van der Waals surface area contributed by atoms with Gasteiger partial charge in [-0.25, -0.2) is 4.98 Å². The molecule has 4 aromatic rings. The van der Waals surface area contributed by atoms with Crippen LogP contribution in [0.15, 0.2) is 47.0 Å². The van der Waals surface area contributed by atoms with Gasteiger partial charge >= 0.3 is 0 Å². The van der Waals surface area contributed by atoms with Crippen molar-refractivity contribution in [2.45, 2.75) is 38.3 Å². The van der Waals surface area contributed by atoms with E-state index in [1.54, 1.807) is 11.1 Å². The number of nitrogens with zero attached hydrogens (tertiary/aromatic N) is 6. The summed E-state index contributed by atoms with van der Waals surface area (Å²) < 4.78 is 5.71. The lowest BCUT2D eigenvalue weighted by atomic mass is 10.1. The molecule has 1 aromatic carbocycles. The van der Waals surface area contributed by atoms with Gasteiger partial charge < -0.3 is 14.6 Å². The van der Waals surface area contributed by atoms with Crippen LogP contribution in [0.25, 0.3) is 11.6 Å². The molecule has 0 radical (unpaired) electrons. The molecule has 2 aliphatic rings. The fourth-order valence-electron chi connectivity index (χ4n) is 4.49. The van der Waals surface area contributed by atoms with Crippen LogP contribution in [-0.4, -0.2) is 54.0 Å². The molecule has 2 N–H and O–H groups in total. The van der Waals surface area contributed by atoms with E-state index in [9.17, 15) is 4.79 Å². The molecule has 0 atom stereocenters. The summed E-state index contributed by atoms with van der Waals surface area (Å²) in [5.74, 6) is 0.493. The number of hydrogen-bond acceptors (Lipinski definition) is 8. The van der Waals surface area contributed by atoms with Crippen molar-refractivity contribution < 1.29 is 9.21 Å². The number of pyridine rings is 1. The Morgan fingerprint density at radius 2 is 1.91 bits per heavy atom. The van der Waals surface area contributed by atoms with Crippen molar-refractivity contribution in [2.75, 3.05) is 11.9 Å². The average Bonchev–Trinajstić information content (AvgIpc) is 3.58. The Labute approximate surface area is 189 Å². The second-order valence-corrected chi connectivity index (χ2v) is 8.41. The number of nitrogens with one attached hydrogen (secondary N) is 2. The summed E-state index contributed by atoms with van der Waals surface area (Å²) in [5, 5.41) is 22.5. The lowest BCUT2D eigenvalue weighted by molar-refractivity contribution is -0.131. The highest BCUT2D eigenvalue weighted by Crippen LogP contribution is 2.25. The van der Waals surface area contributed by atoms with E-state index in [1.165, 1.54) is 11.1 Å². The van der Waals surface area contributed by atoms with Gasteiger partial charge in [0.1, 0.15) is 17.8 Å². The molecular weight excluding hydrogens is 420 g/mol. The lowest BCUT2D eigenvalue weighted by Gasteiger charge is -2.24. The van der Waals surface area contributed by atoms with Gasteiger partial charge in [-0.1, -0.05) is 24.3 Å². The van der Waals surface area contributed by atoms with Crippen LogP contribution in [0, 0.1) is 0 Å². The third-order valence-electron chi connectivity index (χ3n) is 6.19. The molecule has 3 aromatic heterocycles. The highest BCUT2D eigenvalue weighted by molar-refractivity contribution is 5.78. The van der Waals surface area contributed by atoms with Gasteiger partial charge in [-0.3, -0.25) is 4.79 Å². The summed E-state index contributed by atoms with van der Waals surface area (Å²) in [7, 11) is 0. The summed E-state index contributed by atoms with van der Waals surface area (Å²) in [5.41, 5.74) is 6.05. The van der Waals surface area contributed by atoms with E-state index in [4.69, 9.17) is 4.42 Å². The quantitative estimate of drug-likeness (QED) is 0.480. The van der Waals surface area contributed by atoms with Gasteiger partial charge in [-0.15, -0.1) is 10.2 Å². The average molecular weight is 442 g/mol. The summed E-state index contributed by atoms with van der Waals surface area (Å²) in [6.45, 7) is 1.04. The number of hydrogen-bond donors (Lipinski definition) is 2. The molecule has 4 heterocycles. The van der Waals surface area contributed by atoms with Crippen molar-refractivity contribution >= 4 is 11.6 Å². The molecule has 1 aliphatic carbocycles. The number of H-pyrrole nitrogens is 1. The van der Waals surface area contributed by atoms with Crippen molar-refractivity contribution in [1.82, 2.24) is 35.5 Å². The maximum atomic E-state index is 12.7. The van der Waals surface area contributed by atoms with Crippen molar-refractivity contribution in [2.24, 2.45) is 0 Å². The fourth-order valence-corrected chi connectivity index (χ4v) is 4.49. The van der Waals surface area contributed by atoms with E-state index in [0.29, 0.717) is 37.1 Å². The SMILES string of the molecule is O=C(Cc1nnc(-c2ccc(NC3Cc4ccccc4C3)cn2)o1)N1CCc2n[nH]nc2C1. The van der Waals surface area contributed by atoms with Crippen LogP contribution >= 0.6 is 0 Å². The molecule has 0 spiro atoms. The number of carbonyl (C=O) groups excluding carboxylic acids is 1. The van der Waals surface area contributed by atoms with E-state index in [-0.39, 0.29) is 18.2 Å². The van der Waals surface area contributed by atoms with Gasteiger partial charge in [0.05, 0.1) is 24.1 Å². The summed E-state index contributed by atoms with van der Waals surface area (Å²) in [4.78, 5) is 18.9. The number of anilines is 1. The van der Waals surface area contributed by atoms with Crippen LogP contribution in [-0.2, 0) is 37.0 Å². The van der Waals surface area contributed by atoms with Crippen molar-refractivity contribution in [3.8, 4) is 11.6 Å². The molecule has 6 rings (SSSR count). The second kappa shape index (κ2) is 8.12. The molecule has 1 amide bonds. The van der Waals surface area contributed by atoms with Gasteiger partial charge in [0.15, 0.2) is 0 Å². The van der Waals surface area contributed by atoms with E-state index in [2.05, 4.69) is 60.2 Å². The first-order valence-electron chi connectivity index (χ1n) is 11.0. The number of benzene rings is 1. The molecule has 0 saturated carbocycles. The fraction of sp³-hybridized carbons (Fsp3) is 0.304. The van der Waals surface area contributed by atoms with Gasteiger partial charge in [-0.05, 0) is 36.1 Å². The van der Waals surface area contributed by atoms with E-state index < -0.39 is 0 Å². The molecule has 0 fully saturated rings. The minimum absolute atomic E-state index is 0.0437. The highest BCUT2D eigenvalue weighted by atomic mass is 16.4. The van der Waals surface area contributed by atoms with Crippen molar-refractivity contribution in [1.29, 1.82) is 0 Å². The van der Waals surface area contributed by atoms with Crippen molar-refractivity contribution in [3.05, 3.63) is 71.0 Å². The first-order valence-corrected chi connectivity index (χ1v) is 11.0. The molecule has 0 bridgehead atoms. The molecule has 10 heteroatoms. The van der Waals surface area contributed by atoms with Crippen LogP contribution in [0.2, 0.25) is 0 Å². The third-order valence-corrected chi connectivity index (χ3v) is 6.19. The molecule has 0 saturated heterocycles. The van der Waals surface area contributed by atoms with Gasteiger partial charge in [0.25, 0.3) is 5.89 Å². The van der Waals surface area contributed by atoms with Gasteiger partial charge in [0.2, 0.25) is 11.8 Å². The van der Waals surface area contributed by atoms with Crippen LogP contribution in [0.5, 0.6) is 0 Å². The van der Waals surface area contributed by atoms with Crippen LogP contribution in [0.1, 0.15) is 28.4 Å². The molecule has 166 valence electrons. The topological polar surface area (TPSA) is 126 Å². The van der Waals surface area contributed by atoms with E-state index in [1.807, 2.05) is 12.1 Å². The zero-order valence-corrected chi connectivity index (χ0v) is 17.9. The zero-order chi connectivity index (χ0) is 22.2. The van der Waals surface area contributed by atoms with Crippen LogP contribution < -0.4 is 5.32 Å². The van der Waals surface area contributed by atoms with E-state index >= 15 is 0 Å². The van der Waals surface area contributed by atoms with Crippen molar-refractivity contribution in [3.63, 3.8) is 0 Å². The Kier molecular flexibility index (Phi) is 4.82. The second-order valence-electron chi connectivity index (χ2n) is 8.41. The van der Waals surface area contributed by atoms with Gasteiger partial charge in [0, 0.05) is 19.0 Å². The third kappa shape index (κ3) is 3.95. The van der Waals surface area contributed by atoms with E-state index in [0.717, 1.165) is 29.9 Å². The Morgan fingerprint density at radius 3 is 2.70 bits per heavy atom. The summed E-state index contributed by atoms with van der Waals surface area (Å²) in [6, 6.07) is 12.7. The predicted molar refractivity (Wildman–Crippen MR) is 118 cm³/mol. The maximum Gasteiger partial charge on any atom is 0.266 e.